The average molecular weight is 295 g/mol. The smallest absolute Gasteiger partial charge is 0.142 e. The van der Waals surface area contributed by atoms with Crippen LogP contribution >= 0.6 is 0 Å². The van der Waals surface area contributed by atoms with Crippen molar-refractivity contribution in [2.45, 2.75) is 19.4 Å². The summed E-state index contributed by atoms with van der Waals surface area (Å²) in [5.41, 5.74) is 2.38. The zero-order valence-electron chi connectivity index (χ0n) is 12.1. The molecule has 0 amide bonds. The molecule has 0 atom stereocenters. The van der Waals surface area contributed by atoms with Crippen LogP contribution in [0.2, 0.25) is 0 Å². The van der Waals surface area contributed by atoms with Gasteiger partial charge < -0.3 is 14.9 Å². The van der Waals surface area contributed by atoms with Gasteiger partial charge in [0.1, 0.15) is 11.4 Å². The first kappa shape index (κ1) is 14.1. The average Bonchev–Trinajstić information content (AvgIpc) is 2.94. The molecule has 0 aliphatic rings. The molecular formula is C17H17N3O2. The molecule has 0 aliphatic carbocycles. The molecule has 0 unspecified atom stereocenters. The molecule has 0 saturated carbocycles. The molecule has 3 rings (SSSR count). The molecule has 0 bridgehead atoms. The van der Waals surface area contributed by atoms with E-state index in [2.05, 4.69) is 39.1 Å². The van der Waals surface area contributed by atoms with E-state index in [0.717, 1.165) is 31.3 Å². The van der Waals surface area contributed by atoms with Crippen LogP contribution in [-0.2, 0) is 13.0 Å². The summed E-state index contributed by atoms with van der Waals surface area (Å²) < 4.78 is 2.23. The van der Waals surface area contributed by atoms with Crippen molar-refractivity contribution in [1.82, 2.24) is 9.55 Å². The third-order valence-corrected chi connectivity index (χ3v) is 3.65. The Labute approximate surface area is 128 Å². The van der Waals surface area contributed by atoms with Crippen LogP contribution in [-0.4, -0.2) is 26.1 Å². The van der Waals surface area contributed by atoms with Gasteiger partial charge in [0, 0.05) is 24.0 Å². The Morgan fingerprint density at radius 3 is 2.86 bits per heavy atom. The van der Waals surface area contributed by atoms with Crippen LogP contribution in [0.15, 0.2) is 53.8 Å². The second kappa shape index (κ2) is 6.30. The second-order valence-corrected chi connectivity index (χ2v) is 5.12. The van der Waals surface area contributed by atoms with Crippen LogP contribution in [0, 0.1) is 0 Å². The van der Waals surface area contributed by atoms with E-state index in [-0.39, 0.29) is 11.4 Å². The van der Waals surface area contributed by atoms with Crippen LogP contribution < -0.4 is 0 Å². The van der Waals surface area contributed by atoms with Gasteiger partial charge >= 0.3 is 0 Å². The number of benzene rings is 1. The standard InChI is InChI=1S/C17H17N3O2/c21-17-8-7-14(19-15(17)12-18-22)5-3-10-20-11-9-13-4-1-2-6-16(13)20/h1-2,4,6-9,11-12,21-22H,3,5,10H2/b18-12+. The summed E-state index contributed by atoms with van der Waals surface area (Å²) in [5, 5.41) is 22.3. The molecular weight excluding hydrogens is 278 g/mol. The largest absolute Gasteiger partial charge is 0.506 e. The van der Waals surface area contributed by atoms with Crippen molar-refractivity contribution in [3.8, 4) is 5.75 Å². The summed E-state index contributed by atoms with van der Waals surface area (Å²) in [4.78, 5) is 4.27. The fraction of sp³-hybridized carbons (Fsp3) is 0.176. The third-order valence-electron chi connectivity index (χ3n) is 3.65. The van der Waals surface area contributed by atoms with Gasteiger partial charge in [0.25, 0.3) is 0 Å². The number of rotatable bonds is 5. The molecule has 5 nitrogen and oxygen atoms in total. The molecule has 1 aromatic carbocycles. The number of nitrogens with zero attached hydrogens (tertiary/aromatic N) is 3. The Bertz CT molecular complexity index is 809. The molecule has 2 N–H and O–H groups in total. The highest BCUT2D eigenvalue weighted by molar-refractivity contribution is 5.80. The topological polar surface area (TPSA) is 70.6 Å². The van der Waals surface area contributed by atoms with Gasteiger partial charge in [-0.05, 0) is 42.5 Å². The maximum absolute atomic E-state index is 9.59. The Morgan fingerprint density at radius 1 is 1.14 bits per heavy atom. The van der Waals surface area contributed by atoms with Crippen molar-refractivity contribution in [2.75, 3.05) is 0 Å². The van der Waals surface area contributed by atoms with E-state index >= 15 is 0 Å². The second-order valence-electron chi connectivity index (χ2n) is 5.12. The Morgan fingerprint density at radius 2 is 2.00 bits per heavy atom. The first-order chi connectivity index (χ1) is 10.8. The summed E-state index contributed by atoms with van der Waals surface area (Å²) in [6, 6.07) is 13.8. The van der Waals surface area contributed by atoms with Gasteiger partial charge in [0.2, 0.25) is 0 Å². The Balaban J connectivity index is 1.67. The Hall–Kier alpha value is -2.82. The molecule has 0 saturated heterocycles. The van der Waals surface area contributed by atoms with Crippen molar-refractivity contribution in [3.63, 3.8) is 0 Å². The summed E-state index contributed by atoms with van der Waals surface area (Å²) >= 11 is 0. The van der Waals surface area contributed by atoms with Crippen LogP contribution in [0.3, 0.4) is 0 Å². The SMILES string of the molecule is O/N=C/c1nc(CCCn2ccc3ccccc32)ccc1O. The van der Waals surface area contributed by atoms with E-state index in [1.807, 2.05) is 12.1 Å². The molecule has 2 heterocycles. The molecule has 3 aromatic rings. The number of para-hydroxylation sites is 1. The van der Waals surface area contributed by atoms with Crippen LogP contribution in [0.5, 0.6) is 5.75 Å². The lowest BCUT2D eigenvalue weighted by Gasteiger charge is -2.06. The lowest BCUT2D eigenvalue weighted by molar-refractivity contribution is 0.321. The Kier molecular flexibility index (Phi) is 4.05. The number of fused-ring (bicyclic) bond motifs is 1. The van der Waals surface area contributed by atoms with Gasteiger partial charge in [0.15, 0.2) is 0 Å². The molecule has 5 heteroatoms. The molecule has 0 radical (unpaired) electrons. The van der Waals surface area contributed by atoms with Gasteiger partial charge in [0.05, 0.1) is 6.21 Å². The maximum atomic E-state index is 9.59. The molecule has 0 spiro atoms. The van der Waals surface area contributed by atoms with E-state index < -0.39 is 0 Å². The van der Waals surface area contributed by atoms with Gasteiger partial charge in [-0.3, -0.25) is 0 Å². The van der Waals surface area contributed by atoms with Crippen molar-refractivity contribution < 1.29 is 10.3 Å². The van der Waals surface area contributed by atoms with Crippen molar-refractivity contribution in [3.05, 3.63) is 60.0 Å². The van der Waals surface area contributed by atoms with Gasteiger partial charge in [-0.15, -0.1) is 0 Å². The van der Waals surface area contributed by atoms with E-state index in [1.54, 1.807) is 12.1 Å². The fourth-order valence-corrected chi connectivity index (χ4v) is 2.56. The molecule has 0 aliphatic heterocycles. The number of oxime groups is 1. The van der Waals surface area contributed by atoms with Crippen LogP contribution in [0.25, 0.3) is 10.9 Å². The summed E-state index contributed by atoms with van der Waals surface area (Å²) in [6.07, 6.45) is 4.96. The number of aromatic nitrogens is 2. The highest BCUT2D eigenvalue weighted by Gasteiger charge is 2.04. The minimum absolute atomic E-state index is 0.0120. The van der Waals surface area contributed by atoms with Gasteiger partial charge in [-0.2, -0.15) is 0 Å². The van der Waals surface area contributed by atoms with Gasteiger partial charge in [-0.25, -0.2) is 4.98 Å². The predicted octanol–water partition coefficient (Wildman–Crippen LogP) is 3.18. The van der Waals surface area contributed by atoms with E-state index in [9.17, 15) is 5.11 Å². The number of hydrogen-bond acceptors (Lipinski definition) is 4. The normalized spacial score (nSPS) is 11.5. The molecule has 0 fully saturated rings. The highest BCUT2D eigenvalue weighted by atomic mass is 16.4. The fourth-order valence-electron chi connectivity index (χ4n) is 2.56. The molecule has 112 valence electrons. The number of hydrogen-bond donors (Lipinski definition) is 2. The summed E-state index contributed by atoms with van der Waals surface area (Å²) in [7, 11) is 0. The summed E-state index contributed by atoms with van der Waals surface area (Å²) in [5.74, 6) is 0.0120. The molecule has 2 aromatic heterocycles. The quantitative estimate of drug-likeness (QED) is 0.431. The molecule has 22 heavy (non-hydrogen) atoms. The number of pyridine rings is 1. The maximum Gasteiger partial charge on any atom is 0.142 e. The zero-order valence-corrected chi connectivity index (χ0v) is 12.1. The van der Waals surface area contributed by atoms with Crippen molar-refractivity contribution >= 4 is 17.1 Å². The van der Waals surface area contributed by atoms with Crippen molar-refractivity contribution in [1.29, 1.82) is 0 Å². The summed E-state index contributed by atoms with van der Waals surface area (Å²) in [6.45, 7) is 0.902. The van der Waals surface area contributed by atoms with Gasteiger partial charge in [-0.1, -0.05) is 23.4 Å². The number of aromatic hydroxyl groups is 1. The lowest BCUT2D eigenvalue weighted by Crippen LogP contribution is -2.00. The van der Waals surface area contributed by atoms with E-state index in [0.29, 0.717) is 0 Å². The first-order valence-corrected chi connectivity index (χ1v) is 7.18. The van der Waals surface area contributed by atoms with E-state index in [4.69, 9.17) is 5.21 Å². The highest BCUT2D eigenvalue weighted by Crippen LogP contribution is 2.17. The lowest BCUT2D eigenvalue weighted by atomic mass is 10.2. The van der Waals surface area contributed by atoms with E-state index in [1.165, 1.54) is 10.9 Å². The minimum atomic E-state index is 0.0120. The first-order valence-electron chi connectivity index (χ1n) is 7.18. The third kappa shape index (κ3) is 2.93. The van der Waals surface area contributed by atoms with Crippen molar-refractivity contribution in [2.24, 2.45) is 5.16 Å². The monoisotopic (exact) mass is 295 g/mol. The van der Waals surface area contributed by atoms with Crippen LogP contribution in [0.4, 0.5) is 0 Å². The number of aryl methyl sites for hydroxylation is 2. The predicted molar refractivity (Wildman–Crippen MR) is 85.5 cm³/mol. The minimum Gasteiger partial charge on any atom is -0.506 e. The zero-order chi connectivity index (χ0) is 15.4. The van der Waals surface area contributed by atoms with Crippen LogP contribution in [0.1, 0.15) is 17.8 Å².